The molecule has 0 saturated heterocycles. The Kier molecular flexibility index (Phi) is 1.98. The Morgan fingerprint density at radius 2 is 0.433 bits per heavy atom. The van der Waals surface area contributed by atoms with Gasteiger partial charge in [-0.1, -0.05) is 0 Å². The molecule has 0 aliphatic heterocycles. The molecule has 1 atom stereocenters. The zero-order chi connectivity index (χ0) is 39.8. The monoisotopic (exact) mass is 820 g/mol. The Morgan fingerprint density at radius 3 is 0.612 bits per heavy atom. The molecule has 0 aromatic heterocycles. The molecule has 5 aliphatic carbocycles. The molecule has 2 heteroatoms. The van der Waals surface area contributed by atoms with Crippen molar-refractivity contribution in [3.63, 3.8) is 0 Å². The average Bonchev–Trinajstić information content (AvgIpc) is 4.20. The number of hydrogen-bond acceptors (Lipinski definition) is 2. The molecule has 0 radical (unpaired) electrons. The molecular formula is C65H8O2. The van der Waals surface area contributed by atoms with Crippen molar-refractivity contribution in [3.05, 3.63) is 22.3 Å². The number of methoxy groups -OCH3 is 1. The van der Waals surface area contributed by atoms with Crippen LogP contribution in [0.25, 0.3) is 291 Å². The van der Waals surface area contributed by atoms with Crippen LogP contribution >= 0.6 is 0 Å². The molecule has 0 amide bonds. The third-order valence-electron chi connectivity index (χ3n) is 25.2. The number of benzene rings is 18. The van der Waals surface area contributed by atoms with E-state index >= 15 is 4.79 Å². The first-order valence-electron chi connectivity index (χ1n) is 25.1. The number of ether oxygens (including phenoxy) is 1. The van der Waals surface area contributed by atoms with Crippen LogP contribution in [0.3, 0.4) is 0 Å². The zero-order valence-electron chi connectivity index (χ0n) is 34.3. The number of hydrogen-bond donors (Lipinski definition) is 0. The standard InChI is InChI=1S/C65H8O2/c1-67-5-2-4(66)3-64-60-52-44-34-24-16-8-6-7-10-14-12(8)20-28-22(14)32-26-18(10)19-11(7)15-13-9(6)17(16)25-31-21(13)29-23(15)33-27(19)37-36(26)48-42(32)50-40(28)46(38(44)30(20)24)54(60)56(50)62-58(48)59-49(37)43(33)51-41(29)47-39(31)45(35(25)34)53(52)61(64)55(47)57(51)63(59)65(5,62)64/h5H,2-3H2,1H3. The van der Waals surface area contributed by atoms with Gasteiger partial charge in [-0.3, -0.25) is 4.79 Å². The summed E-state index contributed by atoms with van der Waals surface area (Å²) in [5.41, 5.74) is 5.27. The van der Waals surface area contributed by atoms with Crippen molar-refractivity contribution in [1.82, 2.24) is 0 Å². The van der Waals surface area contributed by atoms with E-state index < -0.39 is 10.8 Å². The lowest BCUT2D eigenvalue weighted by atomic mass is 9.43. The first-order valence-corrected chi connectivity index (χ1v) is 25.1. The number of carbonyl (C=O) groups excluding carboxylic acids is 1. The summed E-state index contributed by atoms with van der Waals surface area (Å²) >= 11 is 0. The Bertz CT molecular complexity index is 6920. The van der Waals surface area contributed by atoms with Crippen LogP contribution in [0.4, 0.5) is 0 Å². The molecule has 1 saturated carbocycles. The van der Waals surface area contributed by atoms with Crippen LogP contribution in [0, 0.1) is 0 Å². The van der Waals surface area contributed by atoms with Gasteiger partial charge in [0.05, 0.1) is 11.5 Å². The van der Waals surface area contributed by atoms with Crippen molar-refractivity contribution in [2.24, 2.45) is 0 Å². The first-order chi connectivity index (χ1) is 33.3. The Labute approximate surface area is 363 Å². The quantitative estimate of drug-likeness (QED) is 0.154. The van der Waals surface area contributed by atoms with Crippen LogP contribution in [0.1, 0.15) is 35.1 Å². The molecule has 1 unspecified atom stereocenters. The van der Waals surface area contributed by atoms with Crippen molar-refractivity contribution in [2.45, 2.75) is 29.8 Å². The molecule has 2 nitrogen and oxygen atoms in total. The van der Waals surface area contributed by atoms with E-state index in [4.69, 9.17) is 4.74 Å². The summed E-state index contributed by atoms with van der Waals surface area (Å²) in [6.45, 7) is 0. The van der Waals surface area contributed by atoms with E-state index in [1.54, 1.807) is 313 Å². The lowest BCUT2D eigenvalue weighted by Crippen LogP contribution is -2.63. The second kappa shape index (κ2) is 5.41. The van der Waals surface area contributed by atoms with Gasteiger partial charge in [0, 0.05) is 25.4 Å². The maximum atomic E-state index is 15.5. The molecule has 280 valence electrons. The summed E-state index contributed by atoms with van der Waals surface area (Å²) in [5.74, 6) is 0.398. The molecule has 67 heavy (non-hydrogen) atoms. The lowest BCUT2D eigenvalue weighted by Gasteiger charge is -2.59. The fourth-order valence-corrected chi connectivity index (χ4v) is 25.4. The maximum absolute atomic E-state index is 15.5. The van der Waals surface area contributed by atoms with Crippen molar-refractivity contribution in [3.8, 4) is 0 Å². The SMILES string of the molecule is COC1CC(=O)CC23c4c5c6c7c8c9c(c%10c%11c2c2c4c4c%12c5c5c6c6c8c8c%13c9c9c%10c%10c%11c%11c2c2c4c4c%12c%12c5c5c6c8c6c8c%13c9c9c%10c%10c%11c2c2c4c4c%12c5c6c5c8c9c%10c2c45)C713. The van der Waals surface area contributed by atoms with E-state index in [1.165, 1.54) is 0 Å². The second-order valence-electron chi connectivity index (χ2n) is 25.1. The van der Waals surface area contributed by atoms with Crippen LogP contribution in [0.5, 0.6) is 0 Å². The number of carbonyl (C=O) groups is 1. The van der Waals surface area contributed by atoms with Gasteiger partial charge in [-0.05, 0) is 313 Å². The number of rotatable bonds is 1. The molecule has 2 spiro atoms. The highest BCUT2D eigenvalue weighted by Crippen LogP contribution is 2.86. The summed E-state index contributed by atoms with van der Waals surface area (Å²) in [4.78, 5) is 15.5. The Balaban J connectivity index is 1.26. The number of ketones is 1. The molecule has 0 heterocycles. The highest BCUT2D eigenvalue weighted by molar-refractivity contribution is 6.82. The van der Waals surface area contributed by atoms with Crippen molar-refractivity contribution in [2.75, 3.05) is 7.11 Å². The van der Waals surface area contributed by atoms with E-state index in [-0.39, 0.29) is 6.10 Å². The summed E-state index contributed by atoms with van der Waals surface area (Å²) in [7, 11) is 1.99. The summed E-state index contributed by atoms with van der Waals surface area (Å²) in [6.07, 6.45) is 0.794. The van der Waals surface area contributed by atoms with E-state index in [2.05, 4.69) is 0 Å². The minimum atomic E-state index is -0.547. The highest BCUT2D eigenvalue weighted by Gasteiger charge is 2.74. The largest absolute Gasteiger partial charge is 0.380 e. The van der Waals surface area contributed by atoms with Gasteiger partial charge in [0.1, 0.15) is 5.78 Å². The first kappa shape index (κ1) is 24.6. The van der Waals surface area contributed by atoms with Crippen molar-refractivity contribution >= 4 is 297 Å². The summed E-state index contributed by atoms with van der Waals surface area (Å²) in [5, 5.41) is 86.5. The molecule has 5 aliphatic rings. The van der Waals surface area contributed by atoms with Crippen LogP contribution in [-0.2, 0) is 20.4 Å². The topological polar surface area (TPSA) is 26.3 Å². The van der Waals surface area contributed by atoms with Gasteiger partial charge in [0.2, 0.25) is 0 Å². The third kappa shape index (κ3) is 1.25. The molecule has 28 aromatic rings. The molecule has 28 aromatic carbocycles. The highest BCUT2D eigenvalue weighted by atomic mass is 16.5. The predicted octanol–water partition coefficient (Wildman–Crippen LogP) is 16.7. The van der Waals surface area contributed by atoms with Crippen LogP contribution in [-0.4, -0.2) is 19.0 Å². The average molecular weight is 821 g/mol. The van der Waals surface area contributed by atoms with Crippen LogP contribution in [0.15, 0.2) is 0 Å². The van der Waals surface area contributed by atoms with Gasteiger partial charge >= 0.3 is 0 Å². The number of Topliss-reactive ketones (excluding diaryl/α,β-unsaturated/α-hetero) is 1. The molecule has 0 bridgehead atoms. The second-order valence-corrected chi connectivity index (χ2v) is 25.1. The summed E-state index contributed by atoms with van der Waals surface area (Å²) in [6, 6.07) is 0. The smallest absolute Gasteiger partial charge is 0.136 e. The maximum Gasteiger partial charge on any atom is 0.136 e. The fourth-order valence-electron chi connectivity index (χ4n) is 25.4. The van der Waals surface area contributed by atoms with Gasteiger partial charge < -0.3 is 4.74 Å². The van der Waals surface area contributed by atoms with E-state index in [0.29, 0.717) is 18.6 Å². The van der Waals surface area contributed by atoms with E-state index in [9.17, 15) is 0 Å². The minimum absolute atomic E-state index is 0.260. The molecule has 0 N–H and O–H groups in total. The van der Waals surface area contributed by atoms with E-state index in [0.717, 1.165) is 0 Å². The summed E-state index contributed by atoms with van der Waals surface area (Å²) < 4.78 is 7.25. The molecular weight excluding hydrogens is 813 g/mol. The van der Waals surface area contributed by atoms with Crippen molar-refractivity contribution in [1.29, 1.82) is 0 Å². The predicted molar refractivity (Wildman–Crippen MR) is 279 cm³/mol. The normalized spacial score (nSPS) is 24.4. The Morgan fingerprint density at radius 1 is 0.269 bits per heavy atom. The lowest BCUT2D eigenvalue weighted by molar-refractivity contribution is -0.129. The molecule has 1 fully saturated rings. The minimum Gasteiger partial charge on any atom is -0.380 e. The van der Waals surface area contributed by atoms with Gasteiger partial charge in [-0.2, -0.15) is 0 Å². The zero-order valence-corrected chi connectivity index (χ0v) is 34.3. The Hall–Kier alpha value is -7.91. The fraction of sp³-hybridized carbons (Fsp3) is 0.0923. The van der Waals surface area contributed by atoms with Gasteiger partial charge in [-0.15, -0.1) is 0 Å². The van der Waals surface area contributed by atoms with Crippen molar-refractivity contribution < 1.29 is 9.53 Å². The van der Waals surface area contributed by atoms with Crippen LogP contribution in [0.2, 0.25) is 0 Å². The molecule has 33 rings (SSSR count). The van der Waals surface area contributed by atoms with Gasteiger partial charge in [0.15, 0.2) is 0 Å². The van der Waals surface area contributed by atoms with E-state index in [1.807, 2.05) is 7.11 Å². The third-order valence-corrected chi connectivity index (χ3v) is 25.2. The van der Waals surface area contributed by atoms with Gasteiger partial charge in [0.25, 0.3) is 0 Å². The van der Waals surface area contributed by atoms with Crippen LogP contribution < -0.4 is 0 Å². The van der Waals surface area contributed by atoms with Gasteiger partial charge in [-0.25, -0.2) is 0 Å².